The Morgan fingerprint density at radius 1 is 1.33 bits per heavy atom. The van der Waals surface area contributed by atoms with E-state index in [0.717, 1.165) is 9.37 Å². The third-order valence-corrected chi connectivity index (χ3v) is 6.23. The number of aliphatic hydroxyl groups excluding tert-OH is 1. The number of carbonyl (C=O) groups excluding carboxylic acids is 3. The van der Waals surface area contributed by atoms with Gasteiger partial charge in [-0.05, 0) is 25.1 Å². The number of ether oxygens (including phenoxy) is 1. The molecule has 27 heavy (non-hydrogen) atoms. The Morgan fingerprint density at radius 3 is 2.74 bits per heavy atom. The Balaban J connectivity index is 1.86. The van der Waals surface area contributed by atoms with Crippen molar-refractivity contribution < 1.29 is 24.2 Å². The SMILES string of the molecule is COCCN1C(=O)[C@H]2C(C(C)O)NC3(C(=O)Nc4ccc(Br)cc43)[C@H]2C1=O. The Morgan fingerprint density at radius 2 is 2.07 bits per heavy atom. The van der Waals surface area contributed by atoms with Gasteiger partial charge in [0.2, 0.25) is 17.7 Å². The van der Waals surface area contributed by atoms with Crippen LogP contribution in [0.4, 0.5) is 5.69 Å². The lowest BCUT2D eigenvalue weighted by molar-refractivity contribution is -0.143. The Bertz CT molecular complexity index is 844. The second-order valence-corrected chi connectivity index (χ2v) is 8.10. The van der Waals surface area contributed by atoms with E-state index in [4.69, 9.17) is 4.74 Å². The zero-order valence-corrected chi connectivity index (χ0v) is 16.4. The zero-order valence-electron chi connectivity index (χ0n) is 14.9. The number of likely N-dealkylation sites (tertiary alicyclic amines) is 1. The molecule has 0 aromatic heterocycles. The number of carbonyl (C=O) groups is 3. The number of aliphatic hydroxyl groups is 1. The largest absolute Gasteiger partial charge is 0.392 e. The number of amides is 3. The molecule has 1 aromatic carbocycles. The van der Waals surface area contributed by atoms with Crippen LogP contribution < -0.4 is 10.6 Å². The Hall–Kier alpha value is -1.81. The van der Waals surface area contributed by atoms with E-state index < -0.39 is 35.4 Å². The van der Waals surface area contributed by atoms with Crippen molar-refractivity contribution >= 4 is 39.3 Å². The quantitative estimate of drug-likeness (QED) is 0.580. The highest BCUT2D eigenvalue weighted by atomic mass is 79.9. The molecule has 0 bridgehead atoms. The minimum Gasteiger partial charge on any atom is -0.392 e. The van der Waals surface area contributed by atoms with Crippen molar-refractivity contribution in [2.45, 2.75) is 24.6 Å². The van der Waals surface area contributed by atoms with Crippen molar-refractivity contribution in [1.82, 2.24) is 10.2 Å². The highest BCUT2D eigenvalue weighted by Crippen LogP contribution is 2.53. The van der Waals surface area contributed by atoms with Crippen LogP contribution >= 0.6 is 15.9 Å². The molecule has 5 atom stereocenters. The summed E-state index contributed by atoms with van der Waals surface area (Å²) in [5.41, 5.74) is -0.189. The Kier molecular flexibility index (Phi) is 4.38. The second kappa shape index (κ2) is 6.37. The fourth-order valence-electron chi connectivity index (χ4n) is 4.58. The van der Waals surface area contributed by atoms with Crippen molar-refractivity contribution in [3.63, 3.8) is 0 Å². The molecule has 3 aliphatic heterocycles. The van der Waals surface area contributed by atoms with Crippen LogP contribution in [0.3, 0.4) is 0 Å². The molecule has 3 amide bonds. The van der Waals surface area contributed by atoms with Crippen LogP contribution in [-0.2, 0) is 24.7 Å². The topological polar surface area (TPSA) is 108 Å². The van der Waals surface area contributed by atoms with Gasteiger partial charge in [0.05, 0.1) is 31.1 Å². The minimum atomic E-state index is -1.39. The van der Waals surface area contributed by atoms with Gasteiger partial charge in [0.1, 0.15) is 5.54 Å². The van der Waals surface area contributed by atoms with E-state index >= 15 is 0 Å². The van der Waals surface area contributed by atoms with Crippen molar-refractivity contribution in [3.8, 4) is 0 Å². The lowest BCUT2D eigenvalue weighted by Crippen LogP contribution is -2.55. The summed E-state index contributed by atoms with van der Waals surface area (Å²) in [5, 5.41) is 16.3. The summed E-state index contributed by atoms with van der Waals surface area (Å²) < 4.78 is 5.76. The number of rotatable bonds is 4. The highest BCUT2D eigenvalue weighted by Gasteiger charge is 2.71. The first-order valence-electron chi connectivity index (χ1n) is 8.74. The van der Waals surface area contributed by atoms with Crippen LogP contribution in [0.25, 0.3) is 0 Å². The standard InChI is InChI=1S/C18H20BrN3O5/c1-8(23)14-12-13(16(25)22(15(12)24)5-6-27-2)18(21-14)10-7-9(19)3-4-11(10)20-17(18)26/h3-4,7-8,12-14,21,23H,5-6H2,1-2H3,(H,20,26)/t8?,12-,13-,14?,18?/m1/s1. The molecule has 0 aliphatic carbocycles. The number of anilines is 1. The van der Waals surface area contributed by atoms with Crippen LogP contribution in [0.1, 0.15) is 12.5 Å². The third-order valence-electron chi connectivity index (χ3n) is 5.74. The van der Waals surface area contributed by atoms with Gasteiger partial charge in [-0.1, -0.05) is 15.9 Å². The maximum Gasteiger partial charge on any atom is 0.250 e. The smallest absolute Gasteiger partial charge is 0.250 e. The third kappa shape index (κ3) is 2.42. The number of halogens is 1. The van der Waals surface area contributed by atoms with Crippen LogP contribution in [0.2, 0.25) is 0 Å². The van der Waals surface area contributed by atoms with Gasteiger partial charge in [-0.25, -0.2) is 0 Å². The monoisotopic (exact) mass is 437 g/mol. The number of imide groups is 1. The number of nitrogens with zero attached hydrogens (tertiary/aromatic N) is 1. The number of hydrogen-bond donors (Lipinski definition) is 3. The summed E-state index contributed by atoms with van der Waals surface area (Å²) in [7, 11) is 1.49. The molecule has 1 aromatic rings. The predicted octanol–water partition coefficient (Wildman–Crippen LogP) is 0.197. The van der Waals surface area contributed by atoms with E-state index in [0.29, 0.717) is 11.3 Å². The van der Waals surface area contributed by atoms with Crippen LogP contribution in [0.5, 0.6) is 0 Å². The molecule has 3 aliphatic rings. The molecule has 3 heterocycles. The van der Waals surface area contributed by atoms with Crippen LogP contribution in [-0.4, -0.2) is 60.1 Å². The molecule has 8 nitrogen and oxygen atoms in total. The predicted molar refractivity (Wildman–Crippen MR) is 98.6 cm³/mol. The molecule has 2 fully saturated rings. The lowest BCUT2D eigenvalue weighted by atomic mass is 9.76. The van der Waals surface area contributed by atoms with Gasteiger partial charge in [0, 0.05) is 28.9 Å². The van der Waals surface area contributed by atoms with Gasteiger partial charge in [-0.3, -0.25) is 24.6 Å². The maximum absolute atomic E-state index is 13.2. The first-order chi connectivity index (χ1) is 12.8. The highest BCUT2D eigenvalue weighted by molar-refractivity contribution is 9.10. The number of fused-ring (bicyclic) bond motifs is 4. The van der Waals surface area contributed by atoms with Gasteiger partial charge < -0.3 is 15.2 Å². The summed E-state index contributed by atoms with van der Waals surface area (Å²) in [4.78, 5) is 40.4. The van der Waals surface area contributed by atoms with Gasteiger partial charge in [0.15, 0.2) is 0 Å². The van der Waals surface area contributed by atoms with Crippen molar-refractivity contribution in [3.05, 3.63) is 28.2 Å². The van der Waals surface area contributed by atoms with E-state index in [9.17, 15) is 19.5 Å². The fraction of sp³-hybridized carbons (Fsp3) is 0.500. The van der Waals surface area contributed by atoms with Gasteiger partial charge in [-0.2, -0.15) is 0 Å². The molecule has 2 saturated heterocycles. The summed E-state index contributed by atoms with van der Waals surface area (Å²) in [6, 6.07) is 4.61. The molecule has 0 radical (unpaired) electrons. The summed E-state index contributed by atoms with van der Waals surface area (Å²) in [5.74, 6) is -2.92. The summed E-state index contributed by atoms with van der Waals surface area (Å²) in [6.07, 6.45) is -0.917. The van der Waals surface area contributed by atoms with E-state index in [1.165, 1.54) is 7.11 Å². The number of nitrogens with one attached hydrogen (secondary N) is 2. The van der Waals surface area contributed by atoms with E-state index in [1.807, 2.05) is 0 Å². The first-order valence-corrected chi connectivity index (χ1v) is 9.53. The van der Waals surface area contributed by atoms with Gasteiger partial charge >= 0.3 is 0 Å². The molecular formula is C18H20BrN3O5. The molecule has 0 saturated carbocycles. The van der Waals surface area contributed by atoms with Crippen molar-refractivity contribution in [2.24, 2.45) is 11.8 Å². The zero-order chi connectivity index (χ0) is 19.5. The maximum atomic E-state index is 13.2. The molecule has 4 rings (SSSR count). The molecule has 3 N–H and O–H groups in total. The average molecular weight is 438 g/mol. The Labute approximate surface area is 164 Å². The minimum absolute atomic E-state index is 0.122. The fourth-order valence-corrected chi connectivity index (χ4v) is 4.94. The molecular weight excluding hydrogens is 418 g/mol. The number of benzene rings is 1. The van der Waals surface area contributed by atoms with Gasteiger partial charge in [-0.15, -0.1) is 0 Å². The average Bonchev–Trinajstić information content (AvgIpc) is 3.20. The molecule has 144 valence electrons. The summed E-state index contributed by atoms with van der Waals surface area (Å²) >= 11 is 3.41. The van der Waals surface area contributed by atoms with Crippen molar-refractivity contribution in [2.75, 3.05) is 25.6 Å². The van der Waals surface area contributed by atoms with Gasteiger partial charge in [0.25, 0.3) is 0 Å². The van der Waals surface area contributed by atoms with E-state index in [1.54, 1.807) is 25.1 Å². The number of methoxy groups -OCH3 is 1. The molecule has 1 spiro atoms. The second-order valence-electron chi connectivity index (χ2n) is 7.19. The van der Waals surface area contributed by atoms with Crippen LogP contribution in [0.15, 0.2) is 22.7 Å². The number of hydrogen-bond acceptors (Lipinski definition) is 6. The van der Waals surface area contributed by atoms with E-state index in [2.05, 4.69) is 26.6 Å². The normalized spacial score (nSPS) is 32.8. The van der Waals surface area contributed by atoms with Crippen LogP contribution in [0, 0.1) is 11.8 Å². The van der Waals surface area contributed by atoms with E-state index in [-0.39, 0.29) is 25.0 Å². The van der Waals surface area contributed by atoms with Crippen molar-refractivity contribution in [1.29, 1.82) is 0 Å². The molecule has 3 unspecified atom stereocenters. The molecule has 9 heteroatoms. The lowest BCUT2D eigenvalue weighted by Gasteiger charge is -2.30. The summed E-state index contributed by atoms with van der Waals surface area (Å²) in [6.45, 7) is 1.89. The first kappa shape index (κ1) is 18.5.